The molecule has 0 bridgehead atoms. The summed E-state index contributed by atoms with van der Waals surface area (Å²) in [7, 11) is 0. The van der Waals surface area contributed by atoms with Crippen LogP contribution in [0.1, 0.15) is 68.2 Å². The molecule has 0 aromatic carbocycles. The molecule has 0 unspecified atom stereocenters. The second kappa shape index (κ2) is 7.85. The van der Waals surface area contributed by atoms with Crippen LogP contribution >= 0.6 is 0 Å². The topological polar surface area (TPSA) is 48.8 Å². The van der Waals surface area contributed by atoms with Crippen LogP contribution in [0, 0.1) is 0 Å². The summed E-state index contributed by atoms with van der Waals surface area (Å²) >= 11 is -3.20. The van der Waals surface area contributed by atoms with E-state index >= 15 is 0 Å². The van der Waals surface area contributed by atoms with Gasteiger partial charge in [-0.1, -0.05) is 0 Å². The van der Waals surface area contributed by atoms with Gasteiger partial charge in [-0.25, -0.2) is 0 Å². The van der Waals surface area contributed by atoms with E-state index in [1.54, 1.807) is 0 Å². The van der Waals surface area contributed by atoms with Gasteiger partial charge < -0.3 is 0 Å². The van der Waals surface area contributed by atoms with Gasteiger partial charge in [0, 0.05) is 0 Å². The van der Waals surface area contributed by atoms with Crippen molar-refractivity contribution in [3.8, 4) is 0 Å². The van der Waals surface area contributed by atoms with Crippen molar-refractivity contribution in [2.75, 3.05) is 13.1 Å². The summed E-state index contributed by atoms with van der Waals surface area (Å²) < 4.78 is 17.6. The monoisotopic (exact) mass is 442 g/mol. The molecule has 0 aromatic rings. The minimum atomic E-state index is -3.20. The first kappa shape index (κ1) is 19.2. The molecule has 0 saturated carbocycles. The molecule has 0 fully saturated rings. The zero-order valence-corrected chi connectivity index (χ0v) is 17.1. The molecule has 0 aliphatic carbocycles. The van der Waals surface area contributed by atoms with E-state index < -0.39 is 16.2 Å². The average molecular weight is 442 g/mol. The van der Waals surface area contributed by atoms with Gasteiger partial charge in [0.15, 0.2) is 0 Å². The molecule has 0 rings (SSSR count). The van der Waals surface area contributed by atoms with Crippen molar-refractivity contribution in [3.05, 3.63) is 0 Å². The van der Waals surface area contributed by atoms with E-state index in [1.807, 2.05) is 0 Å². The van der Waals surface area contributed by atoms with Gasteiger partial charge in [0.1, 0.15) is 0 Å². The van der Waals surface area contributed by atoms with Crippen LogP contribution in [-0.4, -0.2) is 24.2 Å². The Bertz CT molecular complexity index is 326. The van der Waals surface area contributed by atoms with Gasteiger partial charge in [-0.05, 0) is 0 Å². The first-order valence-electron chi connectivity index (χ1n) is 7.34. The van der Waals surface area contributed by atoms with E-state index in [-0.39, 0.29) is 11.1 Å². The molecule has 0 aliphatic heterocycles. The third-order valence-electron chi connectivity index (χ3n) is 1.92. The third-order valence-corrected chi connectivity index (χ3v) is 12.1. The van der Waals surface area contributed by atoms with Crippen molar-refractivity contribution in [1.82, 2.24) is 7.75 Å². The second-order valence-electron chi connectivity index (χ2n) is 6.86. The zero-order valence-electron chi connectivity index (χ0n) is 14.1. The van der Waals surface area contributed by atoms with Crippen LogP contribution in [-0.2, 0) is 16.2 Å². The predicted molar refractivity (Wildman–Crippen MR) is 80.9 cm³/mol. The van der Waals surface area contributed by atoms with Gasteiger partial charge in [0.2, 0.25) is 0 Å². The Labute approximate surface area is 123 Å². The van der Waals surface area contributed by atoms with Crippen LogP contribution in [0.2, 0.25) is 0 Å². The molecule has 0 amide bonds. The van der Waals surface area contributed by atoms with Gasteiger partial charge in [0.25, 0.3) is 0 Å². The SMILES string of the molecule is CCC[NH][W](=[N]C(C)(C)C)(=[N]C(C)(C)C)[NH]CCC. The Balaban J connectivity index is 5.73. The number of hydrogen-bond acceptors (Lipinski definition) is 2. The summed E-state index contributed by atoms with van der Waals surface area (Å²) in [5.74, 6) is 0. The van der Waals surface area contributed by atoms with Crippen molar-refractivity contribution in [2.24, 2.45) is 6.99 Å². The Morgan fingerprint density at radius 3 is 1.26 bits per heavy atom. The number of nitrogens with zero attached hydrogens (tertiary/aromatic N) is 2. The third kappa shape index (κ3) is 9.70. The molecule has 19 heavy (non-hydrogen) atoms. The van der Waals surface area contributed by atoms with E-state index in [2.05, 4.69) is 63.1 Å². The molecule has 0 atom stereocenters. The summed E-state index contributed by atoms with van der Waals surface area (Å²) in [5.41, 5.74) is -0.100. The van der Waals surface area contributed by atoms with E-state index in [4.69, 9.17) is 6.99 Å². The van der Waals surface area contributed by atoms with E-state index in [0.29, 0.717) is 0 Å². The summed E-state index contributed by atoms with van der Waals surface area (Å²) in [6.45, 7) is 19.4. The normalized spacial score (nSPS) is 13.5. The van der Waals surface area contributed by atoms with Crippen LogP contribution in [0.3, 0.4) is 0 Å². The number of hydrogen-bond donors (Lipinski definition) is 2. The fourth-order valence-corrected chi connectivity index (χ4v) is 12.1. The molecule has 0 saturated heterocycles. The van der Waals surface area contributed by atoms with Gasteiger partial charge in [0.05, 0.1) is 0 Å². The molecular formula is C14H34N4W. The van der Waals surface area contributed by atoms with Gasteiger partial charge in [-0.2, -0.15) is 0 Å². The number of nitrogens with one attached hydrogen (secondary N) is 2. The van der Waals surface area contributed by atoms with E-state index in [0.717, 1.165) is 25.9 Å². The van der Waals surface area contributed by atoms with Crippen molar-refractivity contribution in [2.45, 2.75) is 79.3 Å². The molecule has 4 nitrogen and oxygen atoms in total. The molecule has 0 spiro atoms. The Kier molecular flexibility index (Phi) is 7.94. The van der Waals surface area contributed by atoms with Crippen LogP contribution in [0.15, 0.2) is 6.99 Å². The first-order valence-corrected chi connectivity index (χ1v) is 12.9. The quantitative estimate of drug-likeness (QED) is 0.655. The van der Waals surface area contributed by atoms with E-state index in [9.17, 15) is 0 Å². The maximum absolute atomic E-state index is 5.12. The molecule has 2 N–H and O–H groups in total. The zero-order chi connectivity index (χ0) is 15.2. The molecule has 0 radical (unpaired) electrons. The summed E-state index contributed by atoms with van der Waals surface area (Å²) in [4.78, 5) is 0. The number of rotatable bonds is 6. The fourth-order valence-electron chi connectivity index (χ4n) is 1.48. The molecule has 0 aliphatic rings. The van der Waals surface area contributed by atoms with Crippen LogP contribution < -0.4 is 7.75 Å². The minimum absolute atomic E-state index is 0.0500. The predicted octanol–water partition coefficient (Wildman–Crippen LogP) is 3.93. The van der Waals surface area contributed by atoms with Crippen molar-refractivity contribution >= 4 is 0 Å². The van der Waals surface area contributed by atoms with Crippen LogP contribution in [0.25, 0.3) is 0 Å². The Morgan fingerprint density at radius 1 is 0.737 bits per heavy atom. The Morgan fingerprint density at radius 2 is 1.05 bits per heavy atom. The molecule has 116 valence electrons. The molecule has 5 heteroatoms. The van der Waals surface area contributed by atoms with Crippen LogP contribution in [0.5, 0.6) is 0 Å². The summed E-state index contributed by atoms with van der Waals surface area (Å²) in [6, 6.07) is 0. The maximum atomic E-state index is 5.12. The second-order valence-corrected chi connectivity index (χ2v) is 14.2. The fraction of sp³-hybridized carbons (Fsp3) is 1.00. The summed E-state index contributed by atoms with van der Waals surface area (Å²) in [5, 5.41) is 0. The van der Waals surface area contributed by atoms with Gasteiger partial charge in [-0.3, -0.25) is 0 Å². The van der Waals surface area contributed by atoms with Crippen molar-refractivity contribution in [1.29, 1.82) is 0 Å². The standard InChI is InChI=1S/2C4H9N.2C3H8N.W/c2*1-4(2,3)5;2*1-2-3-4;/h2*1-3H3;2*4H,2-3H2,1H3;/q;;2*-1;+2. The van der Waals surface area contributed by atoms with Crippen molar-refractivity contribution < 1.29 is 16.2 Å². The van der Waals surface area contributed by atoms with Crippen molar-refractivity contribution in [3.63, 3.8) is 0 Å². The average Bonchev–Trinajstić information content (AvgIpc) is 2.19. The first-order chi connectivity index (χ1) is 8.54. The molecule has 0 aromatic heterocycles. The molecular weight excluding hydrogens is 408 g/mol. The van der Waals surface area contributed by atoms with Gasteiger partial charge in [-0.15, -0.1) is 0 Å². The van der Waals surface area contributed by atoms with Crippen LogP contribution in [0.4, 0.5) is 0 Å². The molecule has 0 heterocycles. The van der Waals surface area contributed by atoms with E-state index in [1.165, 1.54) is 0 Å². The Hall–Kier alpha value is 0.208. The van der Waals surface area contributed by atoms with Gasteiger partial charge >= 0.3 is 123 Å². The summed E-state index contributed by atoms with van der Waals surface area (Å²) in [6.07, 6.45) is 2.23.